The van der Waals surface area contributed by atoms with E-state index in [0.717, 1.165) is 26.2 Å². The second kappa shape index (κ2) is 7.63. The van der Waals surface area contributed by atoms with Crippen LogP contribution in [0.2, 0.25) is 0 Å². The monoisotopic (exact) mass is 365 g/mol. The highest BCUT2D eigenvalue weighted by Gasteiger charge is 2.46. The van der Waals surface area contributed by atoms with Crippen LogP contribution in [-0.2, 0) is 11.3 Å². The molecule has 1 spiro atoms. The Morgan fingerprint density at radius 3 is 2.64 bits per heavy atom. The number of hydrogen-bond acceptors (Lipinski definition) is 5. The van der Waals surface area contributed by atoms with Crippen LogP contribution in [0.3, 0.4) is 0 Å². The van der Waals surface area contributed by atoms with Crippen molar-refractivity contribution >= 4 is 11.3 Å². The number of nitrogens with zero attached hydrogens (tertiary/aromatic N) is 2. The Morgan fingerprint density at radius 1 is 1.32 bits per heavy atom. The fourth-order valence-corrected chi connectivity index (χ4v) is 5.71. The van der Waals surface area contributed by atoms with Crippen LogP contribution < -0.4 is 5.32 Å². The van der Waals surface area contributed by atoms with E-state index >= 15 is 0 Å². The second-order valence-corrected chi connectivity index (χ2v) is 10.3. The molecule has 0 amide bonds. The number of hydrogen-bond donors (Lipinski definition) is 1. The zero-order chi connectivity index (χ0) is 18.1. The molecular weight excluding hydrogens is 330 g/mol. The number of rotatable bonds is 6. The molecule has 1 aliphatic heterocycles. The van der Waals surface area contributed by atoms with E-state index in [0.29, 0.717) is 11.3 Å². The van der Waals surface area contributed by atoms with Crippen molar-refractivity contribution < 1.29 is 4.74 Å². The zero-order valence-corrected chi connectivity index (χ0v) is 17.5. The summed E-state index contributed by atoms with van der Waals surface area (Å²) in [6, 6.07) is 0. The first-order chi connectivity index (χ1) is 11.8. The molecule has 25 heavy (non-hydrogen) atoms. The van der Waals surface area contributed by atoms with Crippen molar-refractivity contribution in [2.75, 3.05) is 33.8 Å². The molecule has 2 fully saturated rings. The van der Waals surface area contributed by atoms with Gasteiger partial charge in [0.2, 0.25) is 0 Å². The minimum atomic E-state index is 0.162. The molecule has 2 heterocycles. The number of ether oxygens (including phenoxy) is 1. The quantitative estimate of drug-likeness (QED) is 0.828. The second-order valence-electron chi connectivity index (χ2n) is 8.97. The molecule has 1 N–H and O–H groups in total. The van der Waals surface area contributed by atoms with Gasteiger partial charge in [-0.3, -0.25) is 4.90 Å². The maximum atomic E-state index is 6.29. The minimum Gasteiger partial charge on any atom is -0.374 e. The van der Waals surface area contributed by atoms with Crippen LogP contribution in [-0.4, -0.2) is 49.3 Å². The van der Waals surface area contributed by atoms with Crippen molar-refractivity contribution in [2.45, 2.75) is 70.9 Å². The van der Waals surface area contributed by atoms with Gasteiger partial charge in [0, 0.05) is 30.4 Å². The van der Waals surface area contributed by atoms with Gasteiger partial charge < -0.3 is 10.1 Å². The van der Waals surface area contributed by atoms with Crippen LogP contribution in [0.25, 0.3) is 0 Å². The molecule has 3 rings (SSSR count). The molecule has 0 aromatic carbocycles. The lowest BCUT2D eigenvalue weighted by Crippen LogP contribution is -2.34. The van der Waals surface area contributed by atoms with Crippen LogP contribution >= 0.6 is 11.3 Å². The summed E-state index contributed by atoms with van der Waals surface area (Å²) < 4.78 is 6.29. The van der Waals surface area contributed by atoms with Gasteiger partial charge in [-0.25, -0.2) is 4.98 Å². The maximum absolute atomic E-state index is 6.29. The Morgan fingerprint density at radius 2 is 2.04 bits per heavy atom. The lowest BCUT2D eigenvalue weighted by Gasteiger charge is -2.37. The molecule has 1 aliphatic carbocycles. The van der Waals surface area contributed by atoms with Crippen LogP contribution in [0.4, 0.5) is 0 Å². The number of nitrogens with one attached hydrogen (secondary N) is 1. The van der Waals surface area contributed by atoms with Gasteiger partial charge in [0.25, 0.3) is 0 Å². The van der Waals surface area contributed by atoms with E-state index in [1.807, 2.05) is 18.4 Å². The molecule has 1 aromatic rings. The standard InChI is InChI=1S/C20H35N3OS/c1-15-22-18(17(25-15)12-23(5)11-10-21-4)16-6-8-20(9-7-16)13-19(2,3)14-24-20/h16,21H,6-14H2,1-5H3/t16-,20-. The first kappa shape index (κ1) is 19.3. The predicted molar refractivity (Wildman–Crippen MR) is 105 cm³/mol. The first-order valence-electron chi connectivity index (χ1n) is 9.76. The molecule has 5 heteroatoms. The van der Waals surface area contributed by atoms with Crippen molar-refractivity contribution in [1.82, 2.24) is 15.2 Å². The maximum Gasteiger partial charge on any atom is 0.0900 e. The average Bonchev–Trinajstić information content (AvgIpc) is 3.06. The highest BCUT2D eigenvalue weighted by atomic mass is 32.1. The molecule has 1 saturated heterocycles. The van der Waals surface area contributed by atoms with Gasteiger partial charge in [-0.05, 0) is 58.5 Å². The Kier molecular flexibility index (Phi) is 5.88. The molecule has 142 valence electrons. The third-order valence-corrected chi connectivity index (χ3v) is 6.82. The topological polar surface area (TPSA) is 37.4 Å². The lowest BCUT2D eigenvalue weighted by atomic mass is 9.72. The summed E-state index contributed by atoms with van der Waals surface area (Å²) in [5.74, 6) is 0.621. The summed E-state index contributed by atoms with van der Waals surface area (Å²) in [5, 5.41) is 4.45. The molecule has 0 bridgehead atoms. The van der Waals surface area contributed by atoms with E-state index < -0.39 is 0 Å². The van der Waals surface area contributed by atoms with Crippen LogP contribution in [0.5, 0.6) is 0 Å². The highest BCUT2D eigenvalue weighted by Crippen LogP contribution is 2.50. The summed E-state index contributed by atoms with van der Waals surface area (Å²) in [6.07, 6.45) is 6.08. The van der Waals surface area contributed by atoms with Crippen LogP contribution in [0.15, 0.2) is 0 Å². The van der Waals surface area contributed by atoms with Crippen LogP contribution in [0.1, 0.15) is 67.4 Å². The number of likely N-dealkylation sites (N-methyl/N-ethyl adjacent to an activating group) is 2. The molecule has 2 aliphatic rings. The minimum absolute atomic E-state index is 0.162. The Balaban J connectivity index is 1.63. The highest BCUT2D eigenvalue weighted by molar-refractivity contribution is 7.11. The predicted octanol–water partition coefficient (Wildman–Crippen LogP) is 3.95. The zero-order valence-electron chi connectivity index (χ0n) is 16.7. The summed E-state index contributed by atoms with van der Waals surface area (Å²) in [7, 11) is 4.22. The number of aromatic nitrogens is 1. The third-order valence-electron chi connectivity index (χ3n) is 5.84. The van der Waals surface area contributed by atoms with E-state index in [2.05, 4.69) is 38.0 Å². The van der Waals surface area contributed by atoms with Gasteiger partial charge in [0.1, 0.15) is 0 Å². The van der Waals surface area contributed by atoms with Crippen molar-refractivity contribution in [3.05, 3.63) is 15.6 Å². The van der Waals surface area contributed by atoms with Gasteiger partial charge in [-0.15, -0.1) is 11.3 Å². The van der Waals surface area contributed by atoms with Gasteiger partial charge in [-0.2, -0.15) is 0 Å². The van der Waals surface area contributed by atoms with E-state index in [1.165, 1.54) is 47.7 Å². The average molecular weight is 366 g/mol. The van der Waals surface area contributed by atoms with Gasteiger partial charge in [0.05, 0.1) is 22.9 Å². The fourth-order valence-electron chi connectivity index (χ4n) is 4.61. The molecular formula is C20H35N3OS. The number of thiazole rings is 1. The van der Waals surface area contributed by atoms with Crippen molar-refractivity contribution in [3.8, 4) is 0 Å². The lowest BCUT2D eigenvalue weighted by molar-refractivity contribution is -0.0296. The smallest absolute Gasteiger partial charge is 0.0900 e. The van der Waals surface area contributed by atoms with Crippen molar-refractivity contribution in [1.29, 1.82) is 0 Å². The summed E-state index contributed by atoms with van der Waals surface area (Å²) in [6.45, 7) is 10.9. The van der Waals surface area contributed by atoms with E-state index in [1.54, 1.807) is 0 Å². The largest absolute Gasteiger partial charge is 0.374 e. The molecule has 1 aromatic heterocycles. The summed E-state index contributed by atoms with van der Waals surface area (Å²) >= 11 is 1.89. The van der Waals surface area contributed by atoms with Crippen molar-refractivity contribution in [2.24, 2.45) is 5.41 Å². The molecule has 0 unspecified atom stereocenters. The van der Waals surface area contributed by atoms with Gasteiger partial charge in [-0.1, -0.05) is 13.8 Å². The molecule has 0 radical (unpaired) electrons. The van der Waals surface area contributed by atoms with E-state index in [4.69, 9.17) is 9.72 Å². The third kappa shape index (κ3) is 4.62. The Bertz CT molecular complexity index is 575. The SMILES string of the molecule is CNCCN(C)Cc1sc(C)nc1[C@H]1CC[C@]2(CC1)CC(C)(C)CO2. The normalized spacial score (nSPS) is 29.0. The Labute approximate surface area is 157 Å². The number of aryl methyl sites for hydroxylation is 1. The Hall–Kier alpha value is -0.490. The molecule has 0 atom stereocenters. The van der Waals surface area contributed by atoms with Crippen LogP contribution in [0, 0.1) is 12.3 Å². The first-order valence-corrected chi connectivity index (χ1v) is 10.6. The fraction of sp³-hybridized carbons (Fsp3) is 0.850. The van der Waals surface area contributed by atoms with E-state index in [9.17, 15) is 0 Å². The summed E-state index contributed by atoms with van der Waals surface area (Å²) in [5.41, 5.74) is 1.89. The van der Waals surface area contributed by atoms with E-state index in [-0.39, 0.29) is 5.60 Å². The van der Waals surface area contributed by atoms with Gasteiger partial charge in [0.15, 0.2) is 0 Å². The summed E-state index contributed by atoms with van der Waals surface area (Å²) in [4.78, 5) is 8.83. The molecule has 4 nitrogen and oxygen atoms in total. The van der Waals surface area contributed by atoms with Gasteiger partial charge >= 0.3 is 0 Å². The van der Waals surface area contributed by atoms with Crippen molar-refractivity contribution in [3.63, 3.8) is 0 Å². The molecule has 1 saturated carbocycles.